The van der Waals surface area contributed by atoms with Crippen molar-refractivity contribution in [1.82, 2.24) is 0 Å². The molecule has 0 unspecified atom stereocenters. The van der Waals surface area contributed by atoms with Gasteiger partial charge in [0.25, 0.3) is 0 Å². The Hall–Kier alpha value is -2.10. The maximum atomic E-state index is 11.3. The van der Waals surface area contributed by atoms with Crippen molar-refractivity contribution in [2.75, 3.05) is 5.32 Å². The van der Waals surface area contributed by atoms with Crippen LogP contribution in [0.3, 0.4) is 0 Å². The monoisotopic (exact) mass is 245 g/mol. The molecule has 0 radical (unpaired) electrons. The molecule has 4 nitrogen and oxygen atoms in total. The van der Waals surface area contributed by atoms with Crippen LogP contribution < -0.4 is 5.32 Å². The molecule has 0 atom stereocenters. The molecule has 1 fully saturated rings. The van der Waals surface area contributed by atoms with Gasteiger partial charge in [-0.15, -0.1) is 0 Å². The van der Waals surface area contributed by atoms with E-state index >= 15 is 0 Å². The second-order valence-electron chi connectivity index (χ2n) is 4.45. The standard InChI is InChI=1S/C14H15NO3/c1-2-3-12(16)15-11-6-4-10(5-7-11)14(8-9-14)13(17)18/h2-7H,8-9H2,1H3,(H,15,16)(H,17,18)/b3-2+. The molecule has 1 amide bonds. The molecule has 0 aromatic heterocycles. The van der Waals surface area contributed by atoms with E-state index < -0.39 is 11.4 Å². The van der Waals surface area contributed by atoms with Crippen LogP contribution in [0.15, 0.2) is 36.4 Å². The van der Waals surface area contributed by atoms with E-state index in [2.05, 4.69) is 5.32 Å². The predicted molar refractivity (Wildman–Crippen MR) is 68.4 cm³/mol. The summed E-state index contributed by atoms with van der Waals surface area (Å²) >= 11 is 0. The van der Waals surface area contributed by atoms with Crippen LogP contribution in [-0.2, 0) is 15.0 Å². The first kappa shape index (κ1) is 12.4. The van der Waals surface area contributed by atoms with Crippen LogP contribution in [-0.4, -0.2) is 17.0 Å². The number of carbonyl (C=O) groups is 2. The lowest BCUT2D eigenvalue weighted by Crippen LogP contribution is -2.19. The number of benzene rings is 1. The highest BCUT2D eigenvalue weighted by atomic mass is 16.4. The minimum absolute atomic E-state index is 0.190. The molecule has 1 aromatic rings. The third kappa shape index (κ3) is 2.27. The summed E-state index contributed by atoms with van der Waals surface area (Å²) in [4.78, 5) is 22.5. The van der Waals surface area contributed by atoms with E-state index in [-0.39, 0.29) is 5.91 Å². The number of hydrogen-bond acceptors (Lipinski definition) is 2. The lowest BCUT2D eigenvalue weighted by molar-refractivity contribution is -0.140. The van der Waals surface area contributed by atoms with Crippen molar-refractivity contribution in [2.45, 2.75) is 25.2 Å². The molecular weight excluding hydrogens is 230 g/mol. The van der Waals surface area contributed by atoms with E-state index in [0.29, 0.717) is 18.5 Å². The highest BCUT2D eigenvalue weighted by molar-refractivity contribution is 5.99. The second kappa shape index (κ2) is 4.64. The Labute approximate surface area is 105 Å². The van der Waals surface area contributed by atoms with Gasteiger partial charge in [-0.05, 0) is 43.5 Å². The molecule has 94 valence electrons. The molecule has 0 aliphatic heterocycles. The first-order valence-corrected chi connectivity index (χ1v) is 5.86. The molecule has 0 heterocycles. The molecule has 0 bridgehead atoms. The van der Waals surface area contributed by atoms with Gasteiger partial charge in [-0.2, -0.15) is 0 Å². The van der Waals surface area contributed by atoms with Crippen molar-refractivity contribution in [3.05, 3.63) is 42.0 Å². The number of rotatable bonds is 4. The Balaban J connectivity index is 2.11. The number of carboxylic acids is 1. The van der Waals surface area contributed by atoms with Crippen LogP contribution >= 0.6 is 0 Å². The van der Waals surface area contributed by atoms with Gasteiger partial charge in [-0.25, -0.2) is 0 Å². The molecule has 2 rings (SSSR count). The zero-order valence-corrected chi connectivity index (χ0v) is 10.1. The van der Waals surface area contributed by atoms with Gasteiger partial charge in [0, 0.05) is 5.69 Å². The number of allylic oxidation sites excluding steroid dienone is 1. The van der Waals surface area contributed by atoms with Crippen molar-refractivity contribution in [2.24, 2.45) is 0 Å². The molecule has 0 saturated heterocycles. The van der Waals surface area contributed by atoms with Gasteiger partial charge in [-0.1, -0.05) is 18.2 Å². The van der Waals surface area contributed by atoms with Gasteiger partial charge in [0.1, 0.15) is 0 Å². The third-order valence-electron chi connectivity index (χ3n) is 3.18. The number of aliphatic carboxylic acids is 1. The first-order chi connectivity index (χ1) is 8.58. The molecule has 1 aromatic carbocycles. The van der Waals surface area contributed by atoms with Crippen LogP contribution in [0.4, 0.5) is 5.69 Å². The lowest BCUT2D eigenvalue weighted by Gasteiger charge is -2.10. The highest BCUT2D eigenvalue weighted by Gasteiger charge is 2.51. The third-order valence-corrected chi connectivity index (χ3v) is 3.18. The SMILES string of the molecule is C/C=C/C(=O)Nc1ccc(C2(C(=O)O)CC2)cc1. The average Bonchev–Trinajstić information content (AvgIpc) is 3.11. The number of anilines is 1. The summed E-state index contributed by atoms with van der Waals surface area (Å²) in [6.45, 7) is 1.77. The van der Waals surface area contributed by atoms with Crippen molar-refractivity contribution in [3.8, 4) is 0 Å². The Morgan fingerprint density at radius 2 is 1.89 bits per heavy atom. The van der Waals surface area contributed by atoms with E-state index in [1.807, 2.05) is 0 Å². The average molecular weight is 245 g/mol. The van der Waals surface area contributed by atoms with E-state index in [0.717, 1.165) is 5.56 Å². The number of amides is 1. The maximum Gasteiger partial charge on any atom is 0.314 e. The highest BCUT2D eigenvalue weighted by Crippen LogP contribution is 2.48. The number of hydrogen-bond donors (Lipinski definition) is 2. The Kier molecular flexibility index (Phi) is 3.19. The molecule has 2 N–H and O–H groups in total. The second-order valence-corrected chi connectivity index (χ2v) is 4.45. The van der Waals surface area contributed by atoms with Gasteiger partial charge in [0.2, 0.25) is 5.91 Å². The van der Waals surface area contributed by atoms with Gasteiger partial charge < -0.3 is 10.4 Å². The van der Waals surface area contributed by atoms with E-state index in [1.165, 1.54) is 6.08 Å². The van der Waals surface area contributed by atoms with E-state index in [1.54, 1.807) is 37.3 Å². The van der Waals surface area contributed by atoms with Gasteiger partial charge in [0.15, 0.2) is 0 Å². The first-order valence-electron chi connectivity index (χ1n) is 5.86. The van der Waals surface area contributed by atoms with Crippen molar-refractivity contribution >= 4 is 17.6 Å². The van der Waals surface area contributed by atoms with Crippen molar-refractivity contribution in [3.63, 3.8) is 0 Å². The molecular formula is C14H15NO3. The van der Waals surface area contributed by atoms with Crippen molar-refractivity contribution < 1.29 is 14.7 Å². The fraction of sp³-hybridized carbons (Fsp3) is 0.286. The van der Waals surface area contributed by atoms with Crippen LogP contribution in [0.5, 0.6) is 0 Å². The smallest absolute Gasteiger partial charge is 0.314 e. The summed E-state index contributed by atoms with van der Waals surface area (Å²) in [5.41, 5.74) is 0.786. The maximum absolute atomic E-state index is 11.3. The summed E-state index contributed by atoms with van der Waals surface area (Å²) in [5, 5.41) is 11.9. The number of carbonyl (C=O) groups excluding carboxylic acids is 1. The summed E-state index contributed by atoms with van der Waals surface area (Å²) in [6, 6.07) is 7.01. The predicted octanol–water partition coefficient (Wildman–Crippen LogP) is 2.32. The molecule has 0 spiro atoms. The minimum Gasteiger partial charge on any atom is -0.481 e. The van der Waals surface area contributed by atoms with E-state index in [4.69, 9.17) is 5.11 Å². The topological polar surface area (TPSA) is 66.4 Å². The van der Waals surface area contributed by atoms with Crippen molar-refractivity contribution in [1.29, 1.82) is 0 Å². The largest absolute Gasteiger partial charge is 0.481 e. The zero-order valence-electron chi connectivity index (χ0n) is 10.1. The summed E-state index contributed by atoms with van der Waals surface area (Å²) < 4.78 is 0. The molecule has 18 heavy (non-hydrogen) atoms. The quantitative estimate of drug-likeness (QED) is 0.800. The summed E-state index contributed by atoms with van der Waals surface area (Å²) in [5.74, 6) is -0.960. The summed E-state index contributed by atoms with van der Waals surface area (Å²) in [6.07, 6.45) is 4.47. The van der Waals surface area contributed by atoms with Crippen LogP contribution in [0.2, 0.25) is 0 Å². The molecule has 1 saturated carbocycles. The van der Waals surface area contributed by atoms with Gasteiger partial charge >= 0.3 is 5.97 Å². The van der Waals surface area contributed by atoms with Crippen LogP contribution in [0.1, 0.15) is 25.3 Å². The number of carboxylic acid groups (broad SMARTS) is 1. The fourth-order valence-corrected chi connectivity index (χ4v) is 1.96. The molecule has 4 heteroatoms. The Morgan fingerprint density at radius 1 is 1.28 bits per heavy atom. The molecule has 1 aliphatic carbocycles. The fourth-order valence-electron chi connectivity index (χ4n) is 1.96. The van der Waals surface area contributed by atoms with Gasteiger partial charge in [0.05, 0.1) is 5.41 Å². The Bertz CT molecular complexity index is 498. The van der Waals surface area contributed by atoms with Crippen LogP contribution in [0.25, 0.3) is 0 Å². The zero-order chi connectivity index (χ0) is 13.2. The van der Waals surface area contributed by atoms with Crippen LogP contribution in [0, 0.1) is 0 Å². The van der Waals surface area contributed by atoms with E-state index in [9.17, 15) is 9.59 Å². The number of nitrogens with one attached hydrogen (secondary N) is 1. The summed E-state index contributed by atoms with van der Waals surface area (Å²) in [7, 11) is 0. The molecule has 1 aliphatic rings. The van der Waals surface area contributed by atoms with Gasteiger partial charge in [-0.3, -0.25) is 9.59 Å². The normalized spacial score (nSPS) is 16.5. The minimum atomic E-state index is -0.770. The Morgan fingerprint density at radius 3 is 2.33 bits per heavy atom. The lowest BCUT2D eigenvalue weighted by atomic mass is 9.96.